The molecule has 1 amide bonds. The van der Waals surface area contributed by atoms with Crippen LogP contribution in [0.25, 0.3) is 0 Å². The third kappa shape index (κ3) is 5.34. The van der Waals surface area contributed by atoms with Crippen LogP contribution in [-0.4, -0.2) is 20.6 Å². The highest BCUT2D eigenvalue weighted by molar-refractivity contribution is 7.92. The first-order valence-corrected chi connectivity index (χ1v) is 12.1. The van der Waals surface area contributed by atoms with Crippen LogP contribution < -0.4 is 9.62 Å². The molecule has 0 aliphatic rings. The van der Waals surface area contributed by atoms with Gasteiger partial charge in [0.1, 0.15) is 5.82 Å². The topological polar surface area (TPSA) is 66.5 Å². The fourth-order valence-corrected chi connectivity index (χ4v) is 4.37. The first-order chi connectivity index (χ1) is 15.1. The predicted molar refractivity (Wildman–Crippen MR) is 127 cm³/mol. The maximum Gasteiger partial charge on any atom is 0.255 e. The van der Waals surface area contributed by atoms with Gasteiger partial charge in [0.25, 0.3) is 5.91 Å². The molecule has 3 rings (SSSR count). The smallest absolute Gasteiger partial charge is 0.255 e. The van der Waals surface area contributed by atoms with Crippen molar-refractivity contribution in [2.75, 3.05) is 15.9 Å². The van der Waals surface area contributed by atoms with E-state index in [1.807, 2.05) is 25.1 Å². The highest BCUT2D eigenvalue weighted by Crippen LogP contribution is 2.28. The van der Waals surface area contributed by atoms with Crippen LogP contribution in [0.4, 0.5) is 15.8 Å². The number of benzene rings is 3. The van der Waals surface area contributed by atoms with Gasteiger partial charge in [0.15, 0.2) is 0 Å². The second kappa shape index (κ2) is 9.53. The third-order valence-electron chi connectivity index (χ3n) is 5.26. The largest absolute Gasteiger partial charge is 0.321 e. The summed E-state index contributed by atoms with van der Waals surface area (Å²) in [5, 5.41) is 2.98. The molecule has 0 spiro atoms. The lowest BCUT2D eigenvalue weighted by atomic mass is 9.98. The molecule has 3 aromatic rings. The Hall–Kier alpha value is -3.19. The lowest BCUT2D eigenvalue weighted by Crippen LogP contribution is -2.29. The molecule has 0 heterocycles. The molecule has 0 radical (unpaired) electrons. The fraction of sp³-hybridized carbons (Fsp3) is 0.240. The second-order valence-electron chi connectivity index (χ2n) is 8.06. The zero-order valence-electron chi connectivity index (χ0n) is 18.6. The van der Waals surface area contributed by atoms with Crippen LogP contribution in [0.15, 0.2) is 66.7 Å². The number of anilines is 2. The first-order valence-electron chi connectivity index (χ1n) is 10.3. The summed E-state index contributed by atoms with van der Waals surface area (Å²) in [6.07, 6.45) is 1.07. The number of nitrogens with one attached hydrogen (secondary N) is 1. The minimum atomic E-state index is -3.67. The van der Waals surface area contributed by atoms with Crippen molar-refractivity contribution in [3.05, 3.63) is 94.8 Å². The Bertz CT molecular complexity index is 1220. The van der Waals surface area contributed by atoms with Crippen molar-refractivity contribution in [2.45, 2.75) is 33.2 Å². The Morgan fingerprint density at radius 3 is 2.25 bits per heavy atom. The molecule has 5 nitrogen and oxygen atoms in total. The van der Waals surface area contributed by atoms with E-state index in [9.17, 15) is 17.6 Å². The molecule has 0 aliphatic heterocycles. The highest BCUT2D eigenvalue weighted by atomic mass is 32.2. The van der Waals surface area contributed by atoms with Crippen LogP contribution in [0.2, 0.25) is 0 Å². The number of carbonyl (C=O) groups is 1. The summed E-state index contributed by atoms with van der Waals surface area (Å²) >= 11 is 0. The van der Waals surface area contributed by atoms with Gasteiger partial charge >= 0.3 is 0 Å². The van der Waals surface area contributed by atoms with Gasteiger partial charge in [-0.25, -0.2) is 12.8 Å². The van der Waals surface area contributed by atoms with E-state index in [1.165, 1.54) is 6.07 Å². The minimum Gasteiger partial charge on any atom is -0.321 e. The summed E-state index contributed by atoms with van der Waals surface area (Å²) in [6.45, 7) is 5.93. The average molecular weight is 455 g/mol. The molecule has 3 aromatic carbocycles. The third-order valence-corrected chi connectivity index (χ3v) is 6.40. The normalized spacial score (nSPS) is 11.4. The number of rotatable bonds is 7. The van der Waals surface area contributed by atoms with Gasteiger partial charge < -0.3 is 5.32 Å². The maximum atomic E-state index is 14.1. The molecule has 168 valence electrons. The maximum absolute atomic E-state index is 14.1. The van der Waals surface area contributed by atoms with Crippen LogP contribution in [0.5, 0.6) is 0 Å². The van der Waals surface area contributed by atoms with Crippen LogP contribution in [-0.2, 0) is 16.6 Å². The minimum absolute atomic E-state index is 0.141. The van der Waals surface area contributed by atoms with E-state index in [2.05, 4.69) is 19.2 Å². The van der Waals surface area contributed by atoms with E-state index in [-0.39, 0.29) is 23.9 Å². The number of para-hydroxylation sites is 1. The Morgan fingerprint density at radius 1 is 1.00 bits per heavy atom. The molecule has 0 unspecified atom stereocenters. The number of carbonyl (C=O) groups excluding carboxylic acids is 1. The Balaban J connectivity index is 1.86. The second-order valence-corrected chi connectivity index (χ2v) is 9.96. The number of sulfonamides is 1. The Kier molecular flexibility index (Phi) is 6.99. The molecule has 0 aromatic heterocycles. The number of hydrogen-bond donors (Lipinski definition) is 1. The molecule has 0 bridgehead atoms. The predicted octanol–water partition coefficient (Wildman–Crippen LogP) is 5.48. The molecule has 0 fully saturated rings. The summed E-state index contributed by atoms with van der Waals surface area (Å²) < 4.78 is 39.9. The summed E-state index contributed by atoms with van der Waals surface area (Å²) in [5.74, 6) is -0.515. The first kappa shape index (κ1) is 23.5. The van der Waals surface area contributed by atoms with Gasteiger partial charge in [0.05, 0.1) is 18.5 Å². The van der Waals surface area contributed by atoms with Crippen LogP contribution >= 0.6 is 0 Å². The van der Waals surface area contributed by atoms with E-state index < -0.39 is 15.8 Å². The lowest BCUT2D eigenvalue weighted by Gasteiger charge is -2.23. The molecule has 7 heteroatoms. The van der Waals surface area contributed by atoms with Gasteiger partial charge in [-0.15, -0.1) is 0 Å². The van der Waals surface area contributed by atoms with Crippen LogP contribution in [0, 0.1) is 12.7 Å². The van der Waals surface area contributed by atoms with Crippen LogP contribution in [0.3, 0.4) is 0 Å². The molecule has 0 aliphatic carbocycles. The van der Waals surface area contributed by atoms with Gasteiger partial charge in [0.2, 0.25) is 10.0 Å². The standard InChI is InChI=1S/C25H27FN2O3S/c1-17(2)22-10-7-8-18(3)24(22)27-25(29)19-12-14-21(15-13-19)28(32(4,30)31)16-20-9-5-6-11-23(20)26/h5-15,17H,16H2,1-4H3,(H,27,29). The van der Waals surface area contributed by atoms with Crippen molar-refractivity contribution in [1.82, 2.24) is 0 Å². The number of amides is 1. The van der Waals surface area contributed by atoms with Crippen molar-refractivity contribution in [3.8, 4) is 0 Å². The van der Waals surface area contributed by atoms with E-state index in [0.717, 1.165) is 27.4 Å². The van der Waals surface area contributed by atoms with Crippen molar-refractivity contribution >= 4 is 27.3 Å². The molecule has 1 N–H and O–H groups in total. The summed E-state index contributed by atoms with van der Waals surface area (Å²) in [6, 6.07) is 18.2. The quantitative estimate of drug-likeness (QED) is 0.514. The lowest BCUT2D eigenvalue weighted by molar-refractivity contribution is 0.102. The van der Waals surface area contributed by atoms with Gasteiger partial charge in [0, 0.05) is 16.8 Å². The van der Waals surface area contributed by atoms with E-state index in [1.54, 1.807) is 42.5 Å². The van der Waals surface area contributed by atoms with Crippen molar-refractivity contribution in [2.24, 2.45) is 0 Å². The van der Waals surface area contributed by atoms with Crippen LogP contribution in [0.1, 0.15) is 46.8 Å². The van der Waals surface area contributed by atoms with Crippen molar-refractivity contribution in [1.29, 1.82) is 0 Å². The zero-order valence-corrected chi connectivity index (χ0v) is 19.4. The zero-order chi connectivity index (χ0) is 23.5. The molecule has 32 heavy (non-hydrogen) atoms. The molecular formula is C25H27FN2O3S. The number of nitrogens with zero attached hydrogens (tertiary/aromatic N) is 1. The average Bonchev–Trinajstić information content (AvgIpc) is 2.73. The van der Waals surface area contributed by atoms with Gasteiger partial charge in [-0.3, -0.25) is 9.10 Å². The number of hydrogen-bond acceptors (Lipinski definition) is 3. The molecule has 0 saturated heterocycles. The molecular weight excluding hydrogens is 427 g/mol. The van der Waals surface area contributed by atoms with E-state index >= 15 is 0 Å². The van der Waals surface area contributed by atoms with Crippen molar-refractivity contribution in [3.63, 3.8) is 0 Å². The Labute approximate surface area is 188 Å². The monoisotopic (exact) mass is 454 g/mol. The van der Waals surface area contributed by atoms with Gasteiger partial charge in [-0.1, -0.05) is 50.2 Å². The summed E-state index contributed by atoms with van der Waals surface area (Å²) in [5.41, 5.74) is 3.81. The number of aryl methyl sites for hydroxylation is 1. The van der Waals surface area contributed by atoms with Gasteiger partial charge in [-0.2, -0.15) is 0 Å². The molecule has 0 saturated carbocycles. The summed E-state index contributed by atoms with van der Waals surface area (Å²) in [4.78, 5) is 12.9. The van der Waals surface area contributed by atoms with Gasteiger partial charge in [-0.05, 0) is 54.3 Å². The summed E-state index contributed by atoms with van der Waals surface area (Å²) in [7, 11) is -3.67. The van der Waals surface area contributed by atoms with E-state index in [4.69, 9.17) is 0 Å². The molecule has 0 atom stereocenters. The fourth-order valence-electron chi connectivity index (χ4n) is 3.49. The Morgan fingerprint density at radius 2 is 1.66 bits per heavy atom. The van der Waals surface area contributed by atoms with E-state index in [0.29, 0.717) is 11.3 Å². The highest BCUT2D eigenvalue weighted by Gasteiger charge is 2.20. The SMILES string of the molecule is Cc1cccc(C(C)C)c1NC(=O)c1ccc(N(Cc2ccccc2F)S(C)(=O)=O)cc1. The van der Waals surface area contributed by atoms with Crippen molar-refractivity contribution < 1.29 is 17.6 Å². The number of halogens is 1.